The van der Waals surface area contributed by atoms with Crippen LogP contribution in [0.4, 0.5) is 0 Å². The largest absolute Gasteiger partial charge is 0.310 e. The lowest BCUT2D eigenvalue weighted by Crippen LogP contribution is -2.27. The summed E-state index contributed by atoms with van der Waals surface area (Å²) in [6.45, 7) is 5.31. The molecular formula is C12H19ClN2. The Hall–Kier alpha value is -0.600. The number of aromatic nitrogens is 1. The summed E-state index contributed by atoms with van der Waals surface area (Å²) in [5, 5.41) is 4.08. The molecule has 0 bridgehead atoms. The number of rotatable bonds is 6. The van der Waals surface area contributed by atoms with E-state index >= 15 is 0 Å². The van der Waals surface area contributed by atoms with Crippen molar-refractivity contribution in [2.75, 3.05) is 0 Å². The van der Waals surface area contributed by atoms with Crippen molar-refractivity contribution in [3.63, 3.8) is 0 Å². The van der Waals surface area contributed by atoms with Gasteiger partial charge in [0.05, 0.1) is 0 Å². The molecule has 1 unspecified atom stereocenters. The summed E-state index contributed by atoms with van der Waals surface area (Å²) in [6.07, 6.45) is 5.46. The van der Waals surface area contributed by atoms with Gasteiger partial charge in [-0.25, -0.2) is 4.98 Å². The third-order valence-electron chi connectivity index (χ3n) is 2.51. The van der Waals surface area contributed by atoms with Crippen LogP contribution in [0, 0.1) is 0 Å². The van der Waals surface area contributed by atoms with E-state index in [1.54, 1.807) is 0 Å². The van der Waals surface area contributed by atoms with Crippen LogP contribution in [0.5, 0.6) is 0 Å². The summed E-state index contributed by atoms with van der Waals surface area (Å²) in [7, 11) is 0. The summed E-state index contributed by atoms with van der Waals surface area (Å²) in [6, 6.07) is 4.46. The van der Waals surface area contributed by atoms with Crippen LogP contribution in [-0.4, -0.2) is 11.0 Å². The standard InChI is InChI=1S/C12H19ClN2/c1-3-5-11(4-2)14-8-10-6-7-12(13)15-9-10/h6-7,9,11,14H,3-5,8H2,1-2H3. The fourth-order valence-corrected chi connectivity index (χ4v) is 1.68. The zero-order valence-corrected chi connectivity index (χ0v) is 10.2. The predicted molar refractivity (Wildman–Crippen MR) is 65.1 cm³/mol. The van der Waals surface area contributed by atoms with Crippen LogP contribution in [0.1, 0.15) is 38.7 Å². The van der Waals surface area contributed by atoms with E-state index in [2.05, 4.69) is 24.1 Å². The van der Waals surface area contributed by atoms with Crippen LogP contribution >= 0.6 is 11.6 Å². The highest BCUT2D eigenvalue weighted by molar-refractivity contribution is 6.29. The van der Waals surface area contributed by atoms with Crippen molar-refractivity contribution < 1.29 is 0 Å². The summed E-state index contributed by atoms with van der Waals surface area (Å²) < 4.78 is 0. The predicted octanol–water partition coefficient (Wildman–Crippen LogP) is 3.40. The van der Waals surface area contributed by atoms with E-state index in [-0.39, 0.29) is 0 Å². The molecule has 1 heterocycles. The molecule has 1 atom stereocenters. The Morgan fingerprint density at radius 2 is 2.20 bits per heavy atom. The molecule has 0 saturated carbocycles. The average Bonchev–Trinajstić information content (AvgIpc) is 2.26. The lowest BCUT2D eigenvalue weighted by atomic mass is 10.1. The maximum absolute atomic E-state index is 5.72. The minimum atomic E-state index is 0.555. The van der Waals surface area contributed by atoms with Gasteiger partial charge in [0, 0.05) is 18.8 Å². The summed E-state index contributed by atoms with van der Waals surface area (Å²) >= 11 is 5.72. The van der Waals surface area contributed by atoms with Crippen LogP contribution in [0.3, 0.4) is 0 Å². The van der Waals surface area contributed by atoms with Gasteiger partial charge >= 0.3 is 0 Å². The molecule has 0 aliphatic heterocycles. The SMILES string of the molecule is CCCC(CC)NCc1ccc(Cl)nc1. The van der Waals surface area contributed by atoms with Crippen molar-refractivity contribution in [3.05, 3.63) is 29.0 Å². The average molecular weight is 227 g/mol. The molecule has 0 radical (unpaired) electrons. The second-order valence-corrected chi connectivity index (χ2v) is 4.15. The molecule has 15 heavy (non-hydrogen) atoms. The van der Waals surface area contributed by atoms with Gasteiger partial charge in [-0.3, -0.25) is 0 Å². The first-order valence-corrected chi connectivity index (χ1v) is 5.97. The minimum absolute atomic E-state index is 0.555. The smallest absolute Gasteiger partial charge is 0.129 e. The van der Waals surface area contributed by atoms with Crippen LogP contribution in [-0.2, 0) is 6.54 Å². The zero-order chi connectivity index (χ0) is 11.1. The van der Waals surface area contributed by atoms with Gasteiger partial charge in [0.15, 0.2) is 0 Å². The second-order valence-electron chi connectivity index (χ2n) is 3.76. The van der Waals surface area contributed by atoms with Gasteiger partial charge in [0.1, 0.15) is 5.15 Å². The molecule has 84 valence electrons. The number of hydrogen-bond acceptors (Lipinski definition) is 2. The monoisotopic (exact) mass is 226 g/mol. The Balaban J connectivity index is 2.38. The van der Waals surface area contributed by atoms with Crippen molar-refractivity contribution in [2.24, 2.45) is 0 Å². The van der Waals surface area contributed by atoms with Gasteiger partial charge in [-0.2, -0.15) is 0 Å². The highest BCUT2D eigenvalue weighted by Crippen LogP contribution is 2.07. The van der Waals surface area contributed by atoms with Crippen LogP contribution < -0.4 is 5.32 Å². The molecule has 0 spiro atoms. The lowest BCUT2D eigenvalue weighted by Gasteiger charge is -2.15. The van der Waals surface area contributed by atoms with Crippen molar-refractivity contribution in [1.29, 1.82) is 0 Å². The van der Waals surface area contributed by atoms with Crippen molar-refractivity contribution in [1.82, 2.24) is 10.3 Å². The number of pyridine rings is 1. The van der Waals surface area contributed by atoms with Crippen molar-refractivity contribution >= 4 is 11.6 Å². The Morgan fingerprint density at radius 1 is 1.40 bits per heavy atom. The van der Waals surface area contributed by atoms with Gasteiger partial charge < -0.3 is 5.32 Å². The molecule has 1 N–H and O–H groups in total. The third-order valence-corrected chi connectivity index (χ3v) is 2.74. The Bertz CT molecular complexity index is 271. The summed E-state index contributed by atoms with van der Waals surface area (Å²) in [4.78, 5) is 4.05. The normalized spacial score (nSPS) is 12.7. The highest BCUT2D eigenvalue weighted by atomic mass is 35.5. The van der Waals surface area contributed by atoms with Gasteiger partial charge in [-0.15, -0.1) is 0 Å². The second kappa shape index (κ2) is 6.81. The lowest BCUT2D eigenvalue weighted by molar-refractivity contribution is 0.462. The van der Waals surface area contributed by atoms with E-state index in [0.29, 0.717) is 11.2 Å². The van der Waals surface area contributed by atoms with Gasteiger partial charge in [-0.05, 0) is 24.5 Å². The number of nitrogens with one attached hydrogen (secondary N) is 1. The highest BCUT2D eigenvalue weighted by Gasteiger charge is 2.03. The third kappa shape index (κ3) is 4.63. The van der Waals surface area contributed by atoms with Gasteiger partial charge in [-0.1, -0.05) is 37.9 Å². The minimum Gasteiger partial charge on any atom is -0.310 e. The van der Waals surface area contributed by atoms with E-state index in [0.717, 1.165) is 6.54 Å². The topological polar surface area (TPSA) is 24.9 Å². The maximum Gasteiger partial charge on any atom is 0.129 e. The Labute approximate surface area is 97.1 Å². The first-order valence-electron chi connectivity index (χ1n) is 5.60. The summed E-state index contributed by atoms with van der Waals surface area (Å²) in [5.41, 5.74) is 1.19. The van der Waals surface area contributed by atoms with E-state index in [1.165, 1.54) is 24.8 Å². The van der Waals surface area contributed by atoms with E-state index in [1.807, 2.05) is 18.3 Å². The molecule has 1 aromatic rings. The van der Waals surface area contributed by atoms with Crippen LogP contribution in [0.2, 0.25) is 5.15 Å². The fraction of sp³-hybridized carbons (Fsp3) is 0.583. The van der Waals surface area contributed by atoms with Crippen molar-refractivity contribution in [2.45, 2.75) is 45.7 Å². The number of nitrogens with zero attached hydrogens (tertiary/aromatic N) is 1. The van der Waals surface area contributed by atoms with Crippen LogP contribution in [0.25, 0.3) is 0 Å². The molecule has 3 heteroatoms. The van der Waals surface area contributed by atoms with Crippen molar-refractivity contribution in [3.8, 4) is 0 Å². The molecule has 0 saturated heterocycles. The Kier molecular flexibility index (Phi) is 5.66. The van der Waals surface area contributed by atoms with Gasteiger partial charge in [0.25, 0.3) is 0 Å². The molecule has 1 rings (SSSR count). The van der Waals surface area contributed by atoms with E-state index < -0.39 is 0 Å². The number of halogens is 1. The molecule has 0 fully saturated rings. The molecule has 0 aromatic carbocycles. The first kappa shape index (κ1) is 12.5. The molecular weight excluding hydrogens is 208 g/mol. The molecule has 2 nitrogen and oxygen atoms in total. The molecule has 0 aliphatic rings. The zero-order valence-electron chi connectivity index (χ0n) is 9.46. The molecule has 0 amide bonds. The Morgan fingerprint density at radius 3 is 2.73 bits per heavy atom. The van der Waals surface area contributed by atoms with Gasteiger partial charge in [0.2, 0.25) is 0 Å². The molecule has 1 aromatic heterocycles. The van der Waals surface area contributed by atoms with E-state index in [9.17, 15) is 0 Å². The number of hydrogen-bond donors (Lipinski definition) is 1. The quantitative estimate of drug-likeness (QED) is 0.752. The maximum atomic E-state index is 5.72. The summed E-state index contributed by atoms with van der Waals surface area (Å²) in [5.74, 6) is 0. The van der Waals surface area contributed by atoms with Crippen LogP contribution in [0.15, 0.2) is 18.3 Å². The molecule has 0 aliphatic carbocycles. The van der Waals surface area contributed by atoms with E-state index in [4.69, 9.17) is 11.6 Å². The first-order chi connectivity index (χ1) is 7.26. The fourth-order valence-electron chi connectivity index (χ4n) is 1.57.